The minimum Gasteiger partial charge on any atom is -0.347 e. The van der Waals surface area contributed by atoms with Crippen LogP contribution >= 0.6 is 0 Å². The molecule has 1 saturated heterocycles. The number of likely N-dealkylation sites (tertiary alicyclic amines) is 1. The van der Waals surface area contributed by atoms with Crippen LogP contribution in [-0.2, 0) is 20.8 Å². The van der Waals surface area contributed by atoms with Crippen molar-refractivity contribution in [2.75, 3.05) is 0 Å². The van der Waals surface area contributed by atoms with Crippen LogP contribution in [0.3, 0.4) is 0 Å². The molecule has 1 aliphatic heterocycles. The Morgan fingerprint density at radius 3 is 2.36 bits per heavy atom. The number of halogens is 4. The van der Waals surface area contributed by atoms with E-state index in [0.717, 1.165) is 18.9 Å². The number of alkyl halides is 3. The first-order valence-electron chi connectivity index (χ1n) is 12.8. The van der Waals surface area contributed by atoms with Gasteiger partial charge in [-0.05, 0) is 73.9 Å². The van der Waals surface area contributed by atoms with E-state index >= 15 is 0 Å². The van der Waals surface area contributed by atoms with Gasteiger partial charge in [0.15, 0.2) is 9.84 Å². The third kappa shape index (κ3) is 4.69. The number of hydrogen-bond acceptors (Lipinski definition) is 4. The van der Waals surface area contributed by atoms with Crippen LogP contribution in [0.4, 0.5) is 17.6 Å². The Kier molecular flexibility index (Phi) is 6.02. The molecule has 1 N–H and O–H groups in total. The van der Waals surface area contributed by atoms with Crippen LogP contribution in [0.2, 0.25) is 0 Å². The molecule has 204 valence electrons. The summed E-state index contributed by atoms with van der Waals surface area (Å²) in [7, 11) is -3.53. The lowest BCUT2D eigenvalue weighted by molar-refractivity contribution is -0.140. The molecule has 0 radical (unpaired) electrons. The van der Waals surface area contributed by atoms with Crippen LogP contribution in [-0.4, -0.2) is 42.5 Å². The molecule has 6 nitrogen and oxygen atoms in total. The highest BCUT2D eigenvalue weighted by molar-refractivity contribution is 7.92. The van der Waals surface area contributed by atoms with E-state index in [1.165, 1.54) is 35.2 Å². The number of nitrogens with zero attached hydrogens (tertiary/aromatic N) is 1. The summed E-state index contributed by atoms with van der Waals surface area (Å²) >= 11 is 0. The third-order valence-corrected chi connectivity index (χ3v) is 10.1. The Morgan fingerprint density at radius 2 is 1.77 bits per heavy atom. The van der Waals surface area contributed by atoms with E-state index in [9.17, 15) is 35.6 Å². The Labute approximate surface area is 222 Å². The number of nitrogens with one attached hydrogen (secondary N) is 1. The predicted octanol–water partition coefficient (Wildman–Crippen LogP) is 4.26. The van der Waals surface area contributed by atoms with Crippen LogP contribution in [0.5, 0.6) is 0 Å². The maximum Gasteiger partial charge on any atom is 0.419 e. The average molecular weight is 561 g/mol. The van der Waals surface area contributed by atoms with Crippen molar-refractivity contribution in [1.82, 2.24) is 10.2 Å². The molecule has 0 bridgehead atoms. The molecule has 6 rings (SSSR count). The molecule has 3 aliphatic carbocycles. The van der Waals surface area contributed by atoms with Gasteiger partial charge in [0.2, 0.25) is 5.91 Å². The van der Waals surface area contributed by atoms with Crippen molar-refractivity contribution in [3.63, 3.8) is 0 Å². The molecule has 0 aromatic heterocycles. The quantitative estimate of drug-likeness (QED) is 0.405. The van der Waals surface area contributed by atoms with Gasteiger partial charge in [0.25, 0.3) is 5.91 Å². The van der Waals surface area contributed by atoms with Crippen molar-refractivity contribution < 1.29 is 35.6 Å². The Hall–Kier alpha value is -3.39. The second kappa shape index (κ2) is 9.08. The number of carbonyl (C=O) groups is 2. The normalized spacial score (nSPS) is 24.7. The molecule has 3 fully saturated rings. The summed E-state index contributed by atoms with van der Waals surface area (Å²) in [4.78, 5) is 28.6. The smallest absolute Gasteiger partial charge is 0.347 e. The van der Waals surface area contributed by atoms with E-state index in [4.69, 9.17) is 0 Å². The van der Waals surface area contributed by atoms with E-state index < -0.39 is 62.6 Å². The zero-order chi connectivity index (χ0) is 27.7. The SMILES string of the molecule is O=C(N[C@@H](c1ccc(C(F)(F)F)c(F)c1)C1CC1)[C@H]1C[C@H]2C#C[C@H]2N1C(=O)c1cccc(S(=O)(=O)C2CC2)c1. The molecule has 2 amide bonds. The van der Waals surface area contributed by atoms with E-state index in [1.54, 1.807) is 0 Å². The molecule has 2 aromatic rings. The van der Waals surface area contributed by atoms with Crippen LogP contribution in [0, 0.1) is 29.5 Å². The van der Waals surface area contributed by atoms with Gasteiger partial charge in [-0.3, -0.25) is 9.59 Å². The van der Waals surface area contributed by atoms with Gasteiger partial charge in [0.05, 0.1) is 27.7 Å². The fraction of sp³-hybridized carbons (Fsp3) is 0.429. The Balaban J connectivity index is 1.25. The molecule has 0 spiro atoms. The predicted molar refractivity (Wildman–Crippen MR) is 131 cm³/mol. The van der Waals surface area contributed by atoms with Crippen molar-refractivity contribution in [3.05, 3.63) is 65.0 Å². The van der Waals surface area contributed by atoms with Crippen LogP contribution in [0.1, 0.15) is 59.6 Å². The lowest BCUT2D eigenvalue weighted by Crippen LogP contribution is -2.50. The minimum absolute atomic E-state index is 0.0606. The van der Waals surface area contributed by atoms with E-state index in [2.05, 4.69) is 17.2 Å². The van der Waals surface area contributed by atoms with Gasteiger partial charge in [0, 0.05) is 5.56 Å². The second-order valence-electron chi connectivity index (χ2n) is 10.6. The molecule has 0 unspecified atom stereocenters. The first kappa shape index (κ1) is 25.9. The summed E-state index contributed by atoms with van der Waals surface area (Å²) in [5.41, 5.74) is -1.02. The fourth-order valence-electron chi connectivity index (χ4n) is 5.41. The zero-order valence-corrected chi connectivity index (χ0v) is 21.4. The first-order valence-corrected chi connectivity index (χ1v) is 14.3. The summed E-state index contributed by atoms with van der Waals surface area (Å²) in [6, 6.07) is 6.30. The summed E-state index contributed by atoms with van der Waals surface area (Å²) < 4.78 is 78.9. The molecule has 2 saturated carbocycles. The molecule has 1 heterocycles. The summed E-state index contributed by atoms with van der Waals surface area (Å²) in [6.45, 7) is 0. The van der Waals surface area contributed by atoms with Gasteiger partial charge in [-0.15, -0.1) is 0 Å². The van der Waals surface area contributed by atoms with E-state index in [0.29, 0.717) is 18.9 Å². The van der Waals surface area contributed by atoms with Gasteiger partial charge in [-0.25, -0.2) is 12.8 Å². The van der Waals surface area contributed by atoms with Crippen molar-refractivity contribution >= 4 is 21.7 Å². The topological polar surface area (TPSA) is 83.6 Å². The monoisotopic (exact) mass is 560 g/mol. The molecular formula is C28H24F4N2O4S. The Morgan fingerprint density at radius 1 is 1.03 bits per heavy atom. The standard InChI is InChI=1S/C28H24F4N2O4S/c29-22-13-17(6-10-21(22)28(30,31)32)25(15-4-5-15)33-26(35)24-14-16-7-11-23(16)34(24)27(36)18-2-1-3-20(12-18)39(37,38)19-8-9-19/h1-3,6,10,12-13,15-16,19,23-25H,4-5,8-9,14H2,(H,33,35)/t16-,23-,24-,25-/m1/s1. The van der Waals surface area contributed by atoms with Crippen LogP contribution in [0.25, 0.3) is 0 Å². The van der Waals surface area contributed by atoms with Crippen LogP contribution < -0.4 is 5.32 Å². The second-order valence-corrected chi connectivity index (χ2v) is 12.9. The lowest BCUT2D eigenvalue weighted by atomic mass is 9.92. The summed E-state index contributed by atoms with van der Waals surface area (Å²) in [5, 5.41) is 2.41. The largest absolute Gasteiger partial charge is 0.419 e. The highest BCUT2D eigenvalue weighted by Crippen LogP contribution is 2.43. The lowest BCUT2D eigenvalue weighted by Gasteiger charge is -2.31. The molecule has 11 heteroatoms. The molecule has 2 aromatic carbocycles. The Bertz CT molecular complexity index is 1540. The average Bonchev–Trinajstić information content (AvgIpc) is 3.78. The molecule has 4 atom stereocenters. The van der Waals surface area contributed by atoms with Gasteiger partial charge < -0.3 is 10.2 Å². The molecule has 4 aliphatic rings. The fourth-order valence-corrected chi connectivity index (χ4v) is 7.11. The van der Waals surface area contributed by atoms with Gasteiger partial charge in [-0.1, -0.05) is 24.0 Å². The van der Waals surface area contributed by atoms with Crippen LogP contribution in [0.15, 0.2) is 47.4 Å². The van der Waals surface area contributed by atoms with Gasteiger partial charge in [-0.2, -0.15) is 13.2 Å². The summed E-state index contributed by atoms with van der Waals surface area (Å²) in [5.74, 6) is 3.15. The highest BCUT2D eigenvalue weighted by atomic mass is 32.2. The number of hydrogen-bond donors (Lipinski definition) is 1. The zero-order valence-electron chi connectivity index (χ0n) is 20.5. The number of fused-ring (bicyclic) bond motifs is 1. The van der Waals surface area contributed by atoms with Crippen molar-refractivity contribution in [3.8, 4) is 11.8 Å². The van der Waals surface area contributed by atoms with Crippen molar-refractivity contribution in [2.24, 2.45) is 11.8 Å². The van der Waals surface area contributed by atoms with Gasteiger partial charge in [0.1, 0.15) is 17.9 Å². The first-order chi connectivity index (χ1) is 18.4. The number of amides is 2. The summed E-state index contributed by atoms with van der Waals surface area (Å²) in [6.07, 6.45) is -1.96. The molecular weight excluding hydrogens is 536 g/mol. The van der Waals surface area contributed by atoms with E-state index in [1.807, 2.05) is 0 Å². The number of sulfone groups is 1. The van der Waals surface area contributed by atoms with Crippen molar-refractivity contribution in [2.45, 2.75) is 66.6 Å². The van der Waals surface area contributed by atoms with Crippen molar-refractivity contribution in [1.29, 1.82) is 0 Å². The highest BCUT2D eigenvalue weighted by Gasteiger charge is 2.50. The number of benzene rings is 2. The number of carbonyl (C=O) groups excluding carboxylic acids is 2. The minimum atomic E-state index is -4.83. The van der Waals surface area contributed by atoms with Gasteiger partial charge >= 0.3 is 6.18 Å². The third-order valence-electron chi connectivity index (χ3n) is 7.87. The number of rotatable bonds is 7. The maximum absolute atomic E-state index is 14.3. The molecule has 39 heavy (non-hydrogen) atoms. The maximum atomic E-state index is 14.3. The van der Waals surface area contributed by atoms with E-state index in [-0.39, 0.29) is 34.3 Å².